The highest BCUT2D eigenvalue weighted by molar-refractivity contribution is 6.32. The van der Waals surface area contributed by atoms with Crippen LogP contribution in [0.2, 0.25) is 5.02 Å². The first kappa shape index (κ1) is 16.1. The van der Waals surface area contributed by atoms with Gasteiger partial charge in [0.05, 0.1) is 11.6 Å². The number of pyridine rings is 1. The molecular weight excluding hydrogens is 304 g/mol. The highest BCUT2D eigenvalue weighted by atomic mass is 35.5. The van der Waals surface area contributed by atoms with E-state index >= 15 is 0 Å². The van der Waals surface area contributed by atoms with Gasteiger partial charge in [-0.25, -0.2) is 0 Å². The molecule has 0 spiro atoms. The number of para-hydroxylation sites is 1. The van der Waals surface area contributed by atoms with Gasteiger partial charge in [0.1, 0.15) is 17.9 Å². The molecule has 0 radical (unpaired) electrons. The van der Waals surface area contributed by atoms with E-state index in [-0.39, 0.29) is 24.1 Å². The minimum absolute atomic E-state index is 0.0829. The number of H-pyrrole nitrogens is 1. The molecule has 0 fully saturated rings. The van der Waals surface area contributed by atoms with Crippen molar-refractivity contribution in [2.45, 2.75) is 13.8 Å². The molecule has 2 N–H and O–H groups in total. The summed E-state index contributed by atoms with van der Waals surface area (Å²) in [7, 11) is 0. The number of halogens is 1. The van der Waals surface area contributed by atoms with E-state index in [0.29, 0.717) is 16.5 Å². The van der Waals surface area contributed by atoms with Gasteiger partial charge < -0.3 is 15.0 Å². The molecule has 1 amide bonds. The summed E-state index contributed by atoms with van der Waals surface area (Å²) in [5.41, 5.74) is 1.41. The van der Waals surface area contributed by atoms with Gasteiger partial charge in [-0.1, -0.05) is 23.7 Å². The molecule has 5 nitrogen and oxygen atoms in total. The van der Waals surface area contributed by atoms with Gasteiger partial charge in [-0.3, -0.25) is 9.59 Å². The molecule has 116 valence electrons. The number of benzene rings is 1. The van der Waals surface area contributed by atoms with Crippen LogP contribution in [0.1, 0.15) is 21.6 Å². The average Bonchev–Trinajstić information content (AvgIpc) is 2.45. The zero-order valence-corrected chi connectivity index (χ0v) is 13.2. The first-order valence-electron chi connectivity index (χ1n) is 6.84. The van der Waals surface area contributed by atoms with Gasteiger partial charge >= 0.3 is 0 Å². The van der Waals surface area contributed by atoms with Gasteiger partial charge in [0.25, 0.3) is 5.91 Å². The molecule has 22 heavy (non-hydrogen) atoms. The van der Waals surface area contributed by atoms with Gasteiger partial charge in [0.15, 0.2) is 5.43 Å². The van der Waals surface area contributed by atoms with Gasteiger partial charge in [-0.15, -0.1) is 0 Å². The molecule has 0 aliphatic rings. The number of nitrogens with one attached hydrogen (secondary N) is 2. The molecule has 0 aliphatic heterocycles. The number of carbonyl (C=O) groups excluding carboxylic acids is 1. The number of aromatic nitrogens is 1. The minimum atomic E-state index is -0.430. The topological polar surface area (TPSA) is 71.2 Å². The summed E-state index contributed by atoms with van der Waals surface area (Å²) in [5, 5.41) is 3.17. The highest BCUT2D eigenvalue weighted by Crippen LogP contribution is 2.27. The first-order valence-corrected chi connectivity index (χ1v) is 7.22. The van der Waals surface area contributed by atoms with Crippen molar-refractivity contribution in [3.8, 4) is 5.75 Å². The fourth-order valence-electron chi connectivity index (χ4n) is 1.96. The Balaban J connectivity index is 1.89. The van der Waals surface area contributed by atoms with Gasteiger partial charge in [-0.05, 0) is 25.5 Å². The number of hydrogen-bond acceptors (Lipinski definition) is 3. The zero-order chi connectivity index (χ0) is 16.1. The summed E-state index contributed by atoms with van der Waals surface area (Å²) in [4.78, 5) is 26.4. The van der Waals surface area contributed by atoms with E-state index in [1.807, 2.05) is 19.1 Å². The van der Waals surface area contributed by atoms with Crippen LogP contribution < -0.4 is 15.5 Å². The molecule has 0 bridgehead atoms. The molecule has 0 saturated heterocycles. The number of aromatic amines is 1. The van der Waals surface area contributed by atoms with Crippen LogP contribution in [-0.2, 0) is 0 Å². The monoisotopic (exact) mass is 320 g/mol. The summed E-state index contributed by atoms with van der Waals surface area (Å²) in [6.07, 6.45) is 1.41. The first-order chi connectivity index (χ1) is 10.5. The van der Waals surface area contributed by atoms with Gasteiger partial charge in [0.2, 0.25) is 0 Å². The van der Waals surface area contributed by atoms with Crippen molar-refractivity contribution in [3.05, 3.63) is 62.5 Å². The van der Waals surface area contributed by atoms with Crippen molar-refractivity contribution in [3.63, 3.8) is 0 Å². The molecule has 6 heteroatoms. The lowest BCUT2D eigenvalue weighted by Crippen LogP contribution is -2.31. The van der Waals surface area contributed by atoms with E-state index < -0.39 is 5.91 Å². The Bertz CT molecular complexity index is 720. The van der Waals surface area contributed by atoms with Crippen molar-refractivity contribution in [1.82, 2.24) is 10.3 Å². The number of ether oxygens (including phenoxy) is 1. The Morgan fingerprint density at radius 1 is 1.36 bits per heavy atom. The fourth-order valence-corrected chi connectivity index (χ4v) is 2.24. The predicted molar refractivity (Wildman–Crippen MR) is 85.8 cm³/mol. The van der Waals surface area contributed by atoms with Crippen LogP contribution in [0.15, 0.2) is 35.3 Å². The molecule has 1 aromatic carbocycles. The zero-order valence-electron chi connectivity index (χ0n) is 12.4. The Kier molecular flexibility index (Phi) is 5.22. The van der Waals surface area contributed by atoms with E-state index in [4.69, 9.17) is 16.3 Å². The molecule has 2 rings (SSSR count). The lowest BCUT2D eigenvalue weighted by molar-refractivity contribution is 0.0945. The molecular formula is C16H17ClN2O3. The number of rotatable bonds is 5. The average molecular weight is 321 g/mol. The molecule has 2 aromatic rings. The van der Waals surface area contributed by atoms with Crippen molar-refractivity contribution in [2.24, 2.45) is 0 Å². The molecule has 0 saturated carbocycles. The third-order valence-corrected chi connectivity index (χ3v) is 3.40. The second-order valence-electron chi connectivity index (χ2n) is 4.88. The van der Waals surface area contributed by atoms with Gasteiger partial charge in [-0.2, -0.15) is 0 Å². The SMILES string of the molecule is Cc1cc(=O)c(C(=O)NCCOc2c(C)cccc2Cl)c[nH]1. The van der Waals surface area contributed by atoms with Crippen molar-refractivity contribution in [2.75, 3.05) is 13.2 Å². The number of carbonyl (C=O) groups is 1. The van der Waals surface area contributed by atoms with E-state index in [0.717, 1.165) is 5.56 Å². The summed E-state index contributed by atoms with van der Waals surface area (Å²) >= 11 is 6.04. The van der Waals surface area contributed by atoms with Crippen LogP contribution in [0.3, 0.4) is 0 Å². The Labute approximate surface area is 133 Å². The van der Waals surface area contributed by atoms with Crippen molar-refractivity contribution < 1.29 is 9.53 Å². The molecule has 0 aliphatic carbocycles. The summed E-state index contributed by atoms with van der Waals surface area (Å²) in [5.74, 6) is 0.173. The number of aryl methyl sites for hydroxylation is 2. The van der Waals surface area contributed by atoms with Crippen LogP contribution in [0.5, 0.6) is 5.75 Å². The highest BCUT2D eigenvalue weighted by Gasteiger charge is 2.10. The molecule has 0 unspecified atom stereocenters. The molecule has 1 heterocycles. The predicted octanol–water partition coefficient (Wildman–Crippen LogP) is 2.45. The third kappa shape index (κ3) is 3.89. The lowest BCUT2D eigenvalue weighted by atomic mass is 10.2. The van der Waals surface area contributed by atoms with E-state index in [9.17, 15) is 9.59 Å². The van der Waals surface area contributed by atoms with Crippen LogP contribution in [0.25, 0.3) is 0 Å². The van der Waals surface area contributed by atoms with Crippen molar-refractivity contribution >= 4 is 17.5 Å². The number of amides is 1. The van der Waals surface area contributed by atoms with E-state index in [2.05, 4.69) is 10.3 Å². The van der Waals surface area contributed by atoms with Crippen LogP contribution in [0, 0.1) is 13.8 Å². The summed E-state index contributed by atoms with van der Waals surface area (Å²) in [6.45, 7) is 4.19. The lowest BCUT2D eigenvalue weighted by Gasteiger charge is -2.11. The summed E-state index contributed by atoms with van der Waals surface area (Å²) in [6, 6.07) is 6.87. The van der Waals surface area contributed by atoms with Crippen LogP contribution in [0.4, 0.5) is 0 Å². The van der Waals surface area contributed by atoms with E-state index in [1.54, 1.807) is 13.0 Å². The molecule has 1 aromatic heterocycles. The smallest absolute Gasteiger partial charge is 0.256 e. The quantitative estimate of drug-likeness (QED) is 0.831. The van der Waals surface area contributed by atoms with Gasteiger partial charge in [0, 0.05) is 18.0 Å². The maximum atomic E-state index is 11.9. The standard InChI is InChI=1S/C16H17ClN2O3/c1-10-4-3-5-13(17)15(10)22-7-6-18-16(21)12-9-19-11(2)8-14(12)20/h3-5,8-9H,6-7H2,1-2H3,(H,18,21)(H,19,20). The number of hydrogen-bond donors (Lipinski definition) is 2. The molecule has 0 atom stereocenters. The normalized spacial score (nSPS) is 10.3. The Hall–Kier alpha value is -2.27. The van der Waals surface area contributed by atoms with Crippen molar-refractivity contribution in [1.29, 1.82) is 0 Å². The Morgan fingerprint density at radius 3 is 2.82 bits per heavy atom. The third-order valence-electron chi connectivity index (χ3n) is 3.10. The Morgan fingerprint density at radius 2 is 2.14 bits per heavy atom. The maximum Gasteiger partial charge on any atom is 0.256 e. The fraction of sp³-hybridized carbons (Fsp3) is 0.250. The minimum Gasteiger partial charge on any atom is -0.490 e. The maximum absolute atomic E-state index is 11.9. The summed E-state index contributed by atoms with van der Waals surface area (Å²) < 4.78 is 5.57. The largest absolute Gasteiger partial charge is 0.490 e. The van der Waals surface area contributed by atoms with Crippen LogP contribution in [-0.4, -0.2) is 24.0 Å². The van der Waals surface area contributed by atoms with E-state index in [1.165, 1.54) is 12.3 Å². The van der Waals surface area contributed by atoms with Crippen LogP contribution >= 0.6 is 11.6 Å². The second-order valence-corrected chi connectivity index (χ2v) is 5.29. The second kappa shape index (κ2) is 7.13.